The average molecular weight is 267 g/mol. The first-order valence-corrected chi connectivity index (χ1v) is 8.26. The third-order valence-corrected chi connectivity index (χ3v) is 5.51. The molecule has 1 saturated heterocycles. The van der Waals surface area contributed by atoms with Crippen LogP contribution in [0.15, 0.2) is 0 Å². The van der Waals surface area contributed by atoms with E-state index in [1.54, 1.807) is 0 Å². The quantitative estimate of drug-likeness (QED) is 0.827. The first-order valence-electron chi connectivity index (χ1n) is 8.26. The number of hydrogen-bond acceptors (Lipinski definition) is 2. The molecule has 0 aromatic heterocycles. The normalized spacial score (nSPS) is 35.5. The van der Waals surface area contributed by atoms with Gasteiger partial charge in [0.15, 0.2) is 0 Å². The molecule has 0 aromatic carbocycles. The highest BCUT2D eigenvalue weighted by Crippen LogP contribution is 2.35. The van der Waals surface area contributed by atoms with Crippen molar-refractivity contribution in [2.45, 2.75) is 65.9 Å². The van der Waals surface area contributed by atoms with Crippen LogP contribution in [0.3, 0.4) is 0 Å². The summed E-state index contributed by atoms with van der Waals surface area (Å²) in [5, 5.41) is 10.2. The molecule has 1 heterocycles. The van der Waals surface area contributed by atoms with E-state index in [-0.39, 0.29) is 6.10 Å². The smallest absolute Gasteiger partial charge is 0.0580 e. The monoisotopic (exact) mass is 267 g/mol. The van der Waals surface area contributed by atoms with Crippen molar-refractivity contribution in [1.29, 1.82) is 0 Å². The fourth-order valence-corrected chi connectivity index (χ4v) is 3.99. The van der Waals surface area contributed by atoms with E-state index in [2.05, 4.69) is 32.6 Å². The number of nitrogens with zero attached hydrogens (tertiary/aromatic N) is 1. The van der Waals surface area contributed by atoms with Crippen LogP contribution in [0.5, 0.6) is 0 Å². The summed E-state index contributed by atoms with van der Waals surface area (Å²) >= 11 is 0. The molecule has 19 heavy (non-hydrogen) atoms. The zero-order chi connectivity index (χ0) is 14.0. The number of aliphatic hydroxyl groups is 1. The highest BCUT2D eigenvalue weighted by Gasteiger charge is 2.32. The molecule has 2 heteroatoms. The molecule has 2 fully saturated rings. The predicted octanol–water partition coefficient (Wildman–Crippen LogP) is 3.54. The standard InChI is InChI=1S/C17H33NO/c1-13-5-6-16(19)14(11-13)12-18-9-7-15(8-10-18)17(2,3)4/h13-16,19H,5-12H2,1-4H3. The van der Waals surface area contributed by atoms with Crippen LogP contribution in [0.4, 0.5) is 0 Å². The molecule has 0 aromatic rings. The highest BCUT2D eigenvalue weighted by molar-refractivity contribution is 4.84. The van der Waals surface area contributed by atoms with Gasteiger partial charge >= 0.3 is 0 Å². The summed E-state index contributed by atoms with van der Waals surface area (Å²) in [4.78, 5) is 2.61. The summed E-state index contributed by atoms with van der Waals surface area (Å²) in [6.07, 6.45) is 6.08. The van der Waals surface area contributed by atoms with E-state index < -0.39 is 0 Å². The maximum atomic E-state index is 10.2. The van der Waals surface area contributed by atoms with E-state index in [1.165, 1.54) is 38.8 Å². The second-order valence-electron chi connectivity index (χ2n) is 8.19. The van der Waals surface area contributed by atoms with Crippen LogP contribution in [-0.4, -0.2) is 35.7 Å². The Labute approximate surface area is 119 Å². The Bertz CT molecular complexity index is 275. The number of rotatable bonds is 2. The second kappa shape index (κ2) is 6.13. The molecular formula is C17H33NO. The lowest BCUT2D eigenvalue weighted by Crippen LogP contribution is -2.43. The fourth-order valence-electron chi connectivity index (χ4n) is 3.99. The molecule has 2 aliphatic rings. The van der Waals surface area contributed by atoms with Gasteiger partial charge in [0, 0.05) is 6.54 Å². The van der Waals surface area contributed by atoms with E-state index in [1.807, 2.05) is 0 Å². The maximum absolute atomic E-state index is 10.2. The summed E-state index contributed by atoms with van der Waals surface area (Å²) in [5.74, 6) is 2.20. The highest BCUT2D eigenvalue weighted by atomic mass is 16.3. The van der Waals surface area contributed by atoms with Crippen molar-refractivity contribution in [2.24, 2.45) is 23.2 Å². The molecule has 112 valence electrons. The van der Waals surface area contributed by atoms with E-state index in [0.717, 1.165) is 24.8 Å². The van der Waals surface area contributed by atoms with Gasteiger partial charge in [0.05, 0.1) is 6.10 Å². The Morgan fingerprint density at radius 1 is 1.05 bits per heavy atom. The maximum Gasteiger partial charge on any atom is 0.0580 e. The van der Waals surface area contributed by atoms with Gasteiger partial charge in [0.25, 0.3) is 0 Å². The molecule has 3 atom stereocenters. The summed E-state index contributed by atoms with van der Waals surface area (Å²) in [7, 11) is 0. The molecule has 0 amide bonds. The van der Waals surface area contributed by atoms with E-state index in [0.29, 0.717) is 11.3 Å². The number of aliphatic hydroxyl groups excluding tert-OH is 1. The van der Waals surface area contributed by atoms with Crippen molar-refractivity contribution >= 4 is 0 Å². The Hall–Kier alpha value is -0.0800. The third-order valence-electron chi connectivity index (χ3n) is 5.51. The lowest BCUT2D eigenvalue weighted by molar-refractivity contribution is 0.0176. The van der Waals surface area contributed by atoms with E-state index in [9.17, 15) is 5.11 Å². The van der Waals surface area contributed by atoms with Gasteiger partial charge in [-0.05, 0) is 68.4 Å². The zero-order valence-corrected chi connectivity index (χ0v) is 13.4. The molecule has 0 bridgehead atoms. The molecule has 1 saturated carbocycles. The van der Waals surface area contributed by atoms with Crippen molar-refractivity contribution in [1.82, 2.24) is 4.90 Å². The second-order valence-corrected chi connectivity index (χ2v) is 8.19. The zero-order valence-electron chi connectivity index (χ0n) is 13.4. The SMILES string of the molecule is CC1CCC(O)C(CN2CCC(C(C)(C)C)CC2)C1. The molecule has 0 radical (unpaired) electrons. The first-order chi connectivity index (χ1) is 8.86. The summed E-state index contributed by atoms with van der Waals surface area (Å²) in [6, 6.07) is 0. The van der Waals surface area contributed by atoms with Gasteiger partial charge < -0.3 is 10.0 Å². The van der Waals surface area contributed by atoms with Crippen molar-refractivity contribution in [3.8, 4) is 0 Å². The lowest BCUT2D eigenvalue weighted by atomic mass is 9.75. The van der Waals surface area contributed by atoms with Gasteiger partial charge in [-0.3, -0.25) is 0 Å². The Morgan fingerprint density at radius 2 is 1.68 bits per heavy atom. The molecule has 0 spiro atoms. The molecule has 2 rings (SSSR count). The average Bonchev–Trinajstić information content (AvgIpc) is 2.33. The molecular weight excluding hydrogens is 234 g/mol. The predicted molar refractivity (Wildman–Crippen MR) is 81.1 cm³/mol. The number of hydrogen-bond donors (Lipinski definition) is 1. The van der Waals surface area contributed by atoms with E-state index >= 15 is 0 Å². The topological polar surface area (TPSA) is 23.5 Å². The largest absolute Gasteiger partial charge is 0.393 e. The van der Waals surface area contributed by atoms with Gasteiger partial charge in [0.2, 0.25) is 0 Å². The van der Waals surface area contributed by atoms with E-state index in [4.69, 9.17) is 0 Å². The first kappa shape index (κ1) is 15.3. The van der Waals surface area contributed by atoms with Crippen LogP contribution >= 0.6 is 0 Å². The molecule has 1 N–H and O–H groups in total. The Kier molecular flexibility index (Phi) is 4.94. The molecule has 3 unspecified atom stereocenters. The van der Waals surface area contributed by atoms with Gasteiger partial charge in [-0.1, -0.05) is 27.7 Å². The minimum atomic E-state index is -0.0449. The fraction of sp³-hybridized carbons (Fsp3) is 1.00. The Balaban J connectivity index is 1.79. The minimum absolute atomic E-state index is 0.0449. The number of likely N-dealkylation sites (tertiary alicyclic amines) is 1. The van der Waals surface area contributed by atoms with Crippen LogP contribution in [0.2, 0.25) is 0 Å². The molecule has 2 nitrogen and oxygen atoms in total. The van der Waals surface area contributed by atoms with Crippen LogP contribution in [0, 0.1) is 23.2 Å². The van der Waals surface area contributed by atoms with Crippen LogP contribution in [0.25, 0.3) is 0 Å². The minimum Gasteiger partial charge on any atom is -0.393 e. The third kappa shape index (κ3) is 4.19. The van der Waals surface area contributed by atoms with Gasteiger partial charge in [-0.25, -0.2) is 0 Å². The van der Waals surface area contributed by atoms with Crippen LogP contribution in [0.1, 0.15) is 59.8 Å². The lowest BCUT2D eigenvalue weighted by Gasteiger charge is -2.41. The van der Waals surface area contributed by atoms with Crippen molar-refractivity contribution in [3.05, 3.63) is 0 Å². The van der Waals surface area contributed by atoms with Gasteiger partial charge in [0.1, 0.15) is 0 Å². The van der Waals surface area contributed by atoms with Crippen LogP contribution in [-0.2, 0) is 0 Å². The summed E-state index contributed by atoms with van der Waals surface area (Å²) < 4.78 is 0. The molecule has 1 aliphatic heterocycles. The Morgan fingerprint density at radius 3 is 2.26 bits per heavy atom. The van der Waals surface area contributed by atoms with Gasteiger partial charge in [-0.2, -0.15) is 0 Å². The summed E-state index contributed by atoms with van der Waals surface area (Å²) in [5.41, 5.74) is 0.463. The van der Waals surface area contributed by atoms with Gasteiger partial charge in [-0.15, -0.1) is 0 Å². The summed E-state index contributed by atoms with van der Waals surface area (Å²) in [6.45, 7) is 13.1. The number of piperidine rings is 1. The molecule has 1 aliphatic carbocycles. The van der Waals surface area contributed by atoms with Crippen molar-refractivity contribution in [3.63, 3.8) is 0 Å². The van der Waals surface area contributed by atoms with Crippen molar-refractivity contribution in [2.75, 3.05) is 19.6 Å². The van der Waals surface area contributed by atoms with Crippen LogP contribution < -0.4 is 0 Å². The van der Waals surface area contributed by atoms with Crippen molar-refractivity contribution < 1.29 is 5.11 Å².